The number of carbonyl (C=O) groups excluding carboxylic acids is 1. The number of Topliss-reactive ketones (excluding diaryl/α,β-unsaturated/α-hetero) is 1. The van der Waals surface area contributed by atoms with Crippen molar-refractivity contribution >= 4 is 12.0 Å². The average molecular weight is 232 g/mol. The maximum Gasteiger partial charge on any atom is 0.326 e. The molecular weight excluding hydrogens is 216 g/mol. The van der Waals surface area contributed by atoms with E-state index in [1.165, 1.54) is 32.1 Å². The van der Waals surface area contributed by atoms with Crippen LogP contribution in [-0.4, -0.2) is 28.5 Å². The lowest BCUT2D eigenvalue weighted by Crippen LogP contribution is -2.52. The number of ketones is 1. The van der Waals surface area contributed by atoms with Crippen molar-refractivity contribution in [1.82, 2.24) is 0 Å². The van der Waals surface area contributed by atoms with Gasteiger partial charge < -0.3 is 10.3 Å². The van der Waals surface area contributed by atoms with Gasteiger partial charge in [0.2, 0.25) is 0 Å². The highest BCUT2D eigenvalue weighted by molar-refractivity contribution is 6.28. The van der Waals surface area contributed by atoms with Crippen LogP contribution in [0.25, 0.3) is 5.53 Å². The Morgan fingerprint density at radius 3 is 2.29 bits per heavy atom. The third-order valence-electron chi connectivity index (χ3n) is 5.53. The van der Waals surface area contributed by atoms with Crippen LogP contribution in [-0.2, 0) is 9.53 Å². The second kappa shape index (κ2) is 3.06. The maximum absolute atomic E-state index is 11.8. The summed E-state index contributed by atoms with van der Waals surface area (Å²) >= 11 is 0. The van der Waals surface area contributed by atoms with Gasteiger partial charge in [0.05, 0.1) is 0 Å². The van der Waals surface area contributed by atoms with Gasteiger partial charge in [-0.25, -0.2) is 0 Å². The average Bonchev–Trinajstić information content (AvgIpc) is 3.02. The van der Waals surface area contributed by atoms with Crippen LogP contribution in [0.3, 0.4) is 0 Å². The molecular formula is C13H16N2O2. The normalized spacial score (nSPS) is 53.5. The fraction of sp³-hybridized carbons (Fsp3) is 0.846. The van der Waals surface area contributed by atoms with Crippen LogP contribution in [0.1, 0.15) is 32.1 Å². The minimum atomic E-state index is -0.312. The Morgan fingerprint density at radius 1 is 1.18 bits per heavy atom. The molecule has 5 aliphatic rings. The molecule has 0 unspecified atom stereocenters. The molecule has 1 saturated heterocycles. The van der Waals surface area contributed by atoms with Crippen molar-refractivity contribution in [2.24, 2.45) is 23.7 Å². The molecule has 0 N–H and O–H groups in total. The summed E-state index contributed by atoms with van der Waals surface area (Å²) in [6.07, 6.45) is 7.07. The molecule has 0 aromatic rings. The summed E-state index contributed by atoms with van der Waals surface area (Å²) in [5, 5.41) is 0. The Labute approximate surface area is 100.0 Å². The highest BCUT2D eigenvalue weighted by atomic mass is 16.6. The molecule has 0 aromatic carbocycles. The first kappa shape index (κ1) is 9.98. The number of hydrogen-bond donors (Lipinski definition) is 0. The van der Waals surface area contributed by atoms with Gasteiger partial charge in [0.25, 0.3) is 5.78 Å². The van der Waals surface area contributed by atoms with Crippen molar-refractivity contribution in [3.05, 3.63) is 5.53 Å². The molecule has 90 valence electrons. The molecule has 4 bridgehead atoms. The van der Waals surface area contributed by atoms with Crippen LogP contribution >= 0.6 is 0 Å². The van der Waals surface area contributed by atoms with E-state index in [1.807, 2.05) is 0 Å². The van der Waals surface area contributed by atoms with Crippen molar-refractivity contribution in [2.45, 2.75) is 43.8 Å². The molecule has 0 amide bonds. The van der Waals surface area contributed by atoms with Crippen LogP contribution in [0, 0.1) is 23.7 Å². The van der Waals surface area contributed by atoms with E-state index in [4.69, 9.17) is 10.3 Å². The van der Waals surface area contributed by atoms with Crippen LogP contribution < -0.4 is 0 Å². The van der Waals surface area contributed by atoms with Gasteiger partial charge in [-0.1, -0.05) is 0 Å². The maximum atomic E-state index is 11.8. The molecule has 4 heteroatoms. The summed E-state index contributed by atoms with van der Waals surface area (Å²) in [5.74, 6) is 2.78. The van der Waals surface area contributed by atoms with E-state index in [0.29, 0.717) is 11.8 Å². The highest BCUT2D eigenvalue weighted by Gasteiger charge is 2.73. The highest BCUT2D eigenvalue weighted by Crippen LogP contribution is 2.66. The Hall–Kier alpha value is -0.990. The molecule has 0 radical (unpaired) electrons. The molecule has 4 saturated carbocycles. The van der Waals surface area contributed by atoms with Crippen molar-refractivity contribution in [3.8, 4) is 0 Å². The Kier molecular flexibility index (Phi) is 1.80. The minimum absolute atomic E-state index is 0.153. The molecule has 1 heterocycles. The van der Waals surface area contributed by atoms with E-state index >= 15 is 0 Å². The number of carbonyl (C=O) groups is 1. The number of rotatable bonds is 2. The topological polar surface area (TPSA) is 66.0 Å². The zero-order valence-electron chi connectivity index (χ0n) is 9.71. The number of epoxide rings is 1. The molecule has 0 aromatic heterocycles. The van der Waals surface area contributed by atoms with Crippen LogP contribution in [0.4, 0.5) is 0 Å². The van der Waals surface area contributed by atoms with Crippen molar-refractivity contribution in [3.63, 3.8) is 0 Å². The molecule has 5 fully saturated rings. The number of hydrogen-bond acceptors (Lipinski definition) is 2. The Morgan fingerprint density at radius 2 is 1.76 bits per heavy atom. The molecule has 17 heavy (non-hydrogen) atoms. The van der Waals surface area contributed by atoms with Gasteiger partial charge in [-0.05, 0) is 55.8 Å². The van der Waals surface area contributed by atoms with E-state index in [0.717, 1.165) is 18.1 Å². The summed E-state index contributed by atoms with van der Waals surface area (Å²) in [5.41, 5.74) is 8.28. The second-order valence-corrected chi connectivity index (χ2v) is 6.30. The molecule has 1 atom stereocenters. The third kappa shape index (κ3) is 1.15. The van der Waals surface area contributed by atoms with Gasteiger partial charge in [-0.2, -0.15) is 4.79 Å². The smallest absolute Gasteiger partial charge is 0.326 e. The SMILES string of the molecule is [N-]=[N+]=CC(=O)[C@@H]1OC12C1CC3CC(C1)CC2C3. The largest absolute Gasteiger partial charge is 0.361 e. The molecule has 5 rings (SSSR count). The summed E-state index contributed by atoms with van der Waals surface area (Å²) in [4.78, 5) is 14.6. The van der Waals surface area contributed by atoms with Crippen molar-refractivity contribution in [2.75, 3.05) is 0 Å². The fourth-order valence-electron chi connectivity index (χ4n) is 5.12. The van der Waals surface area contributed by atoms with Crippen LogP contribution in [0.2, 0.25) is 0 Å². The molecule has 4 nitrogen and oxygen atoms in total. The molecule has 1 aliphatic heterocycles. The summed E-state index contributed by atoms with van der Waals surface area (Å²) in [7, 11) is 0. The van der Waals surface area contributed by atoms with Crippen molar-refractivity contribution in [1.29, 1.82) is 0 Å². The van der Waals surface area contributed by atoms with E-state index in [1.54, 1.807) is 0 Å². The van der Waals surface area contributed by atoms with Gasteiger partial charge in [0, 0.05) is 0 Å². The zero-order valence-corrected chi connectivity index (χ0v) is 9.71. The van der Waals surface area contributed by atoms with Gasteiger partial charge in [-0.3, -0.25) is 4.79 Å². The lowest BCUT2D eigenvalue weighted by molar-refractivity contribution is -0.117. The molecule has 1 spiro atoms. The predicted molar refractivity (Wildman–Crippen MR) is 59.3 cm³/mol. The van der Waals surface area contributed by atoms with Gasteiger partial charge in [-0.15, -0.1) is 0 Å². The first-order valence-electron chi connectivity index (χ1n) is 6.63. The Balaban J connectivity index is 1.64. The van der Waals surface area contributed by atoms with E-state index < -0.39 is 0 Å². The van der Waals surface area contributed by atoms with Crippen LogP contribution in [0.5, 0.6) is 0 Å². The predicted octanol–water partition coefficient (Wildman–Crippen LogP) is 1.45. The first-order valence-corrected chi connectivity index (χ1v) is 6.63. The van der Waals surface area contributed by atoms with E-state index in [-0.39, 0.29) is 17.5 Å². The standard InChI is InChI=1S/C13H16N2O2/c14-15-6-11(16)12-13(17-12)9-2-7-1-8(4-9)5-10(13)3-7/h6-10,12H,1-5H2/t7?,8?,9?,10?,12-,13?/m0/s1. The Bertz CT molecular complexity index is 411. The van der Waals surface area contributed by atoms with E-state index in [2.05, 4.69) is 4.79 Å². The second-order valence-electron chi connectivity index (χ2n) is 6.30. The lowest BCUT2D eigenvalue weighted by Gasteiger charge is -2.53. The number of nitrogens with zero attached hydrogens (tertiary/aromatic N) is 2. The summed E-state index contributed by atoms with van der Waals surface area (Å²) in [6.45, 7) is 0. The van der Waals surface area contributed by atoms with Gasteiger partial charge in [0.1, 0.15) is 5.60 Å². The quantitative estimate of drug-likeness (QED) is 0.313. The zero-order chi connectivity index (χ0) is 11.6. The van der Waals surface area contributed by atoms with E-state index in [9.17, 15) is 4.79 Å². The minimum Gasteiger partial charge on any atom is -0.361 e. The van der Waals surface area contributed by atoms with Gasteiger partial charge >= 0.3 is 6.21 Å². The first-order chi connectivity index (χ1) is 8.24. The lowest BCUT2D eigenvalue weighted by atomic mass is 9.50. The molecule has 4 aliphatic carbocycles. The third-order valence-corrected chi connectivity index (χ3v) is 5.53. The summed E-state index contributed by atoms with van der Waals surface area (Å²) < 4.78 is 5.84. The van der Waals surface area contributed by atoms with Gasteiger partial charge in [0.15, 0.2) is 6.10 Å². The fourth-order valence-corrected chi connectivity index (χ4v) is 5.12. The monoisotopic (exact) mass is 232 g/mol. The van der Waals surface area contributed by atoms with Crippen LogP contribution in [0.15, 0.2) is 0 Å². The summed E-state index contributed by atoms with van der Waals surface area (Å²) in [6, 6.07) is 0. The van der Waals surface area contributed by atoms with Crippen molar-refractivity contribution < 1.29 is 14.3 Å². The number of ether oxygens (including phenoxy) is 1.